The van der Waals surface area contributed by atoms with E-state index in [9.17, 15) is 0 Å². The fraction of sp³-hybridized carbons (Fsp3) is 1.00. The van der Waals surface area contributed by atoms with Crippen molar-refractivity contribution in [2.24, 2.45) is 5.84 Å². The van der Waals surface area contributed by atoms with E-state index in [0.717, 1.165) is 32.5 Å². The number of hydrazine groups is 1. The third kappa shape index (κ3) is 3.70. The van der Waals surface area contributed by atoms with Gasteiger partial charge in [-0.25, -0.2) is 0 Å². The molecule has 2 fully saturated rings. The van der Waals surface area contributed by atoms with E-state index in [1.165, 1.54) is 25.7 Å². The minimum absolute atomic E-state index is 0.382. The van der Waals surface area contributed by atoms with Crippen LogP contribution in [0.2, 0.25) is 0 Å². The molecule has 0 radical (unpaired) electrons. The van der Waals surface area contributed by atoms with Gasteiger partial charge in [0.15, 0.2) is 0 Å². The molecule has 0 spiro atoms. The highest BCUT2D eigenvalue weighted by Crippen LogP contribution is 2.21. The van der Waals surface area contributed by atoms with Crippen LogP contribution >= 0.6 is 0 Å². The number of hydrogen-bond donors (Lipinski definition) is 2. The van der Waals surface area contributed by atoms with Gasteiger partial charge in [-0.2, -0.15) is 0 Å². The SMILES string of the molecule is NNC(CCC1CCCO1)CC1CCCO1. The second-order valence-electron chi connectivity index (χ2n) is 4.95. The van der Waals surface area contributed by atoms with Crippen LogP contribution in [0.1, 0.15) is 44.9 Å². The van der Waals surface area contributed by atoms with Gasteiger partial charge in [-0.3, -0.25) is 11.3 Å². The molecule has 0 amide bonds. The lowest BCUT2D eigenvalue weighted by Crippen LogP contribution is -2.38. The molecule has 2 heterocycles. The van der Waals surface area contributed by atoms with Crippen molar-refractivity contribution < 1.29 is 9.47 Å². The van der Waals surface area contributed by atoms with E-state index in [0.29, 0.717) is 18.2 Å². The lowest BCUT2D eigenvalue weighted by Gasteiger charge is -2.20. The quantitative estimate of drug-likeness (QED) is 0.532. The van der Waals surface area contributed by atoms with E-state index in [1.54, 1.807) is 0 Å². The van der Waals surface area contributed by atoms with Gasteiger partial charge in [0.25, 0.3) is 0 Å². The van der Waals surface area contributed by atoms with E-state index in [4.69, 9.17) is 15.3 Å². The van der Waals surface area contributed by atoms with E-state index < -0.39 is 0 Å². The van der Waals surface area contributed by atoms with Crippen molar-refractivity contribution in [2.45, 2.75) is 63.2 Å². The van der Waals surface area contributed by atoms with Crippen LogP contribution in [0.4, 0.5) is 0 Å². The van der Waals surface area contributed by atoms with E-state index in [2.05, 4.69) is 5.43 Å². The summed E-state index contributed by atoms with van der Waals surface area (Å²) >= 11 is 0. The summed E-state index contributed by atoms with van der Waals surface area (Å²) in [6.07, 6.45) is 9.00. The summed E-state index contributed by atoms with van der Waals surface area (Å²) in [5, 5.41) is 0. The molecule has 3 atom stereocenters. The van der Waals surface area contributed by atoms with Crippen molar-refractivity contribution in [3.8, 4) is 0 Å². The first-order chi connectivity index (χ1) is 7.88. The maximum Gasteiger partial charge on any atom is 0.0591 e. The lowest BCUT2D eigenvalue weighted by molar-refractivity contribution is 0.0816. The average molecular weight is 228 g/mol. The van der Waals surface area contributed by atoms with Crippen LogP contribution in [-0.4, -0.2) is 31.5 Å². The molecule has 0 aromatic rings. The van der Waals surface area contributed by atoms with Gasteiger partial charge in [0.05, 0.1) is 12.2 Å². The Kier molecular flexibility index (Phi) is 5.03. The highest BCUT2D eigenvalue weighted by molar-refractivity contribution is 4.76. The molecule has 0 bridgehead atoms. The average Bonchev–Trinajstić information content (AvgIpc) is 2.97. The summed E-state index contributed by atoms with van der Waals surface area (Å²) in [5.41, 5.74) is 2.92. The standard InChI is InChI=1S/C12H24N2O2/c13-14-10(9-12-4-2-8-16-12)5-6-11-3-1-7-15-11/h10-12,14H,1-9,13H2. The number of hydrogen-bond acceptors (Lipinski definition) is 4. The monoisotopic (exact) mass is 228 g/mol. The van der Waals surface area contributed by atoms with Crippen molar-refractivity contribution in [3.63, 3.8) is 0 Å². The van der Waals surface area contributed by atoms with Gasteiger partial charge < -0.3 is 9.47 Å². The Balaban J connectivity index is 1.63. The number of nitrogens with one attached hydrogen (secondary N) is 1. The molecule has 0 aromatic heterocycles. The zero-order chi connectivity index (χ0) is 11.2. The van der Waals surface area contributed by atoms with Gasteiger partial charge in [0.2, 0.25) is 0 Å². The van der Waals surface area contributed by atoms with Gasteiger partial charge in [-0.15, -0.1) is 0 Å². The van der Waals surface area contributed by atoms with Crippen LogP contribution < -0.4 is 11.3 Å². The Morgan fingerprint density at radius 1 is 1.12 bits per heavy atom. The summed E-state index contributed by atoms with van der Waals surface area (Å²) in [7, 11) is 0. The minimum Gasteiger partial charge on any atom is -0.378 e. The van der Waals surface area contributed by atoms with Crippen LogP contribution in [0.25, 0.3) is 0 Å². The molecular weight excluding hydrogens is 204 g/mol. The third-order valence-electron chi connectivity index (χ3n) is 3.67. The second-order valence-corrected chi connectivity index (χ2v) is 4.95. The minimum atomic E-state index is 0.382. The first kappa shape index (κ1) is 12.3. The first-order valence-corrected chi connectivity index (χ1v) is 6.58. The van der Waals surface area contributed by atoms with Crippen LogP contribution in [0, 0.1) is 0 Å². The molecule has 3 N–H and O–H groups in total. The Morgan fingerprint density at radius 2 is 1.81 bits per heavy atom. The highest BCUT2D eigenvalue weighted by Gasteiger charge is 2.22. The number of rotatable bonds is 6. The molecule has 4 heteroatoms. The lowest BCUT2D eigenvalue weighted by atomic mass is 10.0. The fourth-order valence-corrected chi connectivity index (χ4v) is 2.68. The first-order valence-electron chi connectivity index (χ1n) is 6.58. The molecule has 2 rings (SSSR count). The van der Waals surface area contributed by atoms with Crippen molar-refractivity contribution in [2.75, 3.05) is 13.2 Å². The molecule has 0 aliphatic carbocycles. The van der Waals surface area contributed by atoms with Crippen LogP contribution in [0.15, 0.2) is 0 Å². The molecule has 3 unspecified atom stereocenters. The maximum absolute atomic E-state index is 5.63. The highest BCUT2D eigenvalue weighted by atomic mass is 16.5. The molecule has 0 aromatic carbocycles. The molecule has 2 aliphatic heterocycles. The van der Waals surface area contributed by atoms with Gasteiger partial charge in [0.1, 0.15) is 0 Å². The smallest absolute Gasteiger partial charge is 0.0591 e. The summed E-state index contributed by atoms with van der Waals surface area (Å²) in [6, 6.07) is 0.382. The van der Waals surface area contributed by atoms with Crippen LogP contribution in [0.3, 0.4) is 0 Å². The second kappa shape index (κ2) is 6.55. The van der Waals surface area contributed by atoms with Crippen molar-refractivity contribution in [1.82, 2.24) is 5.43 Å². The Labute approximate surface area is 97.8 Å². The summed E-state index contributed by atoms with van der Waals surface area (Å²) in [5.74, 6) is 5.59. The molecule has 0 saturated carbocycles. The predicted molar refractivity (Wildman–Crippen MR) is 62.9 cm³/mol. The van der Waals surface area contributed by atoms with E-state index in [1.807, 2.05) is 0 Å². The molecule has 16 heavy (non-hydrogen) atoms. The molecule has 94 valence electrons. The predicted octanol–water partition coefficient (Wildman–Crippen LogP) is 1.35. The number of ether oxygens (including phenoxy) is 2. The van der Waals surface area contributed by atoms with Gasteiger partial charge >= 0.3 is 0 Å². The van der Waals surface area contributed by atoms with E-state index >= 15 is 0 Å². The van der Waals surface area contributed by atoms with Gasteiger partial charge in [0, 0.05) is 19.3 Å². The molecular formula is C12H24N2O2. The number of nitrogens with two attached hydrogens (primary N) is 1. The van der Waals surface area contributed by atoms with Crippen LogP contribution in [-0.2, 0) is 9.47 Å². The molecule has 2 aliphatic rings. The fourth-order valence-electron chi connectivity index (χ4n) is 2.68. The normalized spacial score (nSPS) is 32.1. The van der Waals surface area contributed by atoms with Crippen LogP contribution in [0.5, 0.6) is 0 Å². The summed E-state index contributed by atoms with van der Waals surface area (Å²) < 4.78 is 11.2. The van der Waals surface area contributed by atoms with Crippen molar-refractivity contribution in [3.05, 3.63) is 0 Å². The Morgan fingerprint density at radius 3 is 2.38 bits per heavy atom. The summed E-state index contributed by atoms with van der Waals surface area (Å²) in [4.78, 5) is 0. The maximum atomic E-state index is 5.63. The Hall–Kier alpha value is -0.160. The Bertz CT molecular complexity index is 189. The molecule has 2 saturated heterocycles. The van der Waals surface area contributed by atoms with Gasteiger partial charge in [-0.1, -0.05) is 0 Å². The third-order valence-corrected chi connectivity index (χ3v) is 3.67. The van der Waals surface area contributed by atoms with Crippen molar-refractivity contribution in [1.29, 1.82) is 0 Å². The van der Waals surface area contributed by atoms with E-state index in [-0.39, 0.29) is 0 Å². The van der Waals surface area contributed by atoms with Gasteiger partial charge in [-0.05, 0) is 44.9 Å². The zero-order valence-corrected chi connectivity index (χ0v) is 9.99. The topological polar surface area (TPSA) is 56.5 Å². The molecule has 4 nitrogen and oxygen atoms in total. The van der Waals surface area contributed by atoms with Crippen molar-refractivity contribution >= 4 is 0 Å². The largest absolute Gasteiger partial charge is 0.378 e. The zero-order valence-electron chi connectivity index (χ0n) is 9.99. The summed E-state index contributed by atoms with van der Waals surface area (Å²) in [6.45, 7) is 1.87.